The molecule has 0 aliphatic heterocycles. The molecule has 2 heterocycles. The summed E-state index contributed by atoms with van der Waals surface area (Å²) in [4.78, 5) is 16.6. The molecular formula is C16H9NO3SZn. The van der Waals surface area contributed by atoms with Crippen LogP contribution < -0.4 is 5.63 Å². The first-order valence-electron chi connectivity index (χ1n) is 6.35. The third kappa shape index (κ3) is 2.25. The Kier molecular flexibility index (Phi) is 3.81. The molecule has 6 heteroatoms. The number of fused-ring (bicyclic) bond motifs is 2. The number of rotatable bonds is 1. The van der Waals surface area contributed by atoms with Crippen LogP contribution in [0.15, 0.2) is 57.7 Å². The summed E-state index contributed by atoms with van der Waals surface area (Å²) in [6.45, 7) is 0. The van der Waals surface area contributed by atoms with Crippen molar-refractivity contribution in [1.29, 1.82) is 0 Å². The van der Waals surface area contributed by atoms with E-state index in [9.17, 15) is 9.90 Å². The smallest absolute Gasteiger partial charge is 0.350 e. The van der Waals surface area contributed by atoms with Crippen molar-refractivity contribution in [3.8, 4) is 16.3 Å². The number of nitrogens with zero attached hydrogens (tertiary/aromatic N) is 1. The summed E-state index contributed by atoms with van der Waals surface area (Å²) < 4.78 is 6.23. The van der Waals surface area contributed by atoms with Crippen molar-refractivity contribution in [2.24, 2.45) is 0 Å². The number of hydrogen-bond acceptors (Lipinski definition) is 5. The first-order valence-corrected chi connectivity index (χ1v) is 7.16. The van der Waals surface area contributed by atoms with Gasteiger partial charge in [0.2, 0.25) is 0 Å². The Morgan fingerprint density at radius 1 is 1.05 bits per heavy atom. The maximum atomic E-state index is 12.2. The summed E-state index contributed by atoms with van der Waals surface area (Å²) in [5.41, 5.74) is 0.703. The number of aromatic hydroxyl groups is 1. The van der Waals surface area contributed by atoms with Crippen LogP contribution in [0, 0.1) is 0 Å². The van der Waals surface area contributed by atoms with E-state index in [-0.39, 0.29) is 30.8 Å². The number of thiazole rings is 1. The molecule has 104 valence electrons. The summed E-state index contributed by atoms with van der Waals surface area (Å²) in [5, 5.41) is 11.4. The van der Waals surface area contributed by atoms with Crippen molar-refractivity contribution < 1.29 is 29.0 Å². The van der Waals surface area contributed by atoms with Gasteiger partial charge in [-0.25, -0.2) is 9.78 Å². The second-order valence-electron chi connectivity index (χ2n) is 4.60. The topological polar surface area (TPSA) is 63.3 Å². The van der Waals surface area contributed by atoms with Crippen LogP contribution >= 0.6 is 11.3 Å². The van der Waals surface area contributed by atoms with Crippen molar-refractivity contribution >= 4 is 32.5 Å². The van der Waals surface area contributed by atoms with Crippen molar-refractivity contribution in [2.75, 3.05) is 0 Å². The van der Waals surface area contributed by atoms with Gasteiger partial charge >= 0.3 is 5.63 Å². The monoisotopic (exact) mass is 359 g/mol. The first kappa shape index (κ1) is 14.9. The predicted octanol–water partition coefficient (Wildman–Crippen LogP) is 3.77. The van der Waals surface area contributed by atoms with Crippen LogP contribution in [0.5, 0.6) is 5.75 Å². The Bertz CT molecular complexity index is 1010. The second-order valence-corrected chi connectivity index (χ2v) is 5.63. The van der Waals surface area contributed by atoms with Gasteiger partial charge < -0.3 is 9.52 Å². The molecule has 0 amide bonds. The van der Waals surface area contributed by atoms with Gasteiger partial charge in [-0.15, -0.1) is 11.3 Å². The molecule has 0 aliphatic rings. The summed E-state index contributed by atoms with van der Waals surface area (Å²) in [6.07, 6.45) is 0. The predicted molar refractivity (Wildman–Crippen MR) is 82.8 cm³/mol. The van der Waals surface area contributed by atoms with Crippen LogP contribution in [0.1, 0.15) is 0 Å². The van der Waals surface area contributed by atoms with E-state index < -0.39 is 5.63 Å². The van der Waals surface area contributed by atoms with E-state index in [0.717, 1.165) is 10.2 Å². The molecule has 1 N–H and O–H groups in total. The van der Waals surface area contributed by atoms with Crippen molar-refractivity contribution in [2.45, 2.75) is 0 Å². The Balaban J connectivity index is 0.00000144. The van der Waals surface area contributed by atoms with E-state index in [2.05, 4.69) is 4.98 Å². The zero-order valence-corrected chi connectivity index (χ0v) is 15.2. The van der Waals surface area contributed by atoms with Gasteiger partial charge in [-0.2, -0.15) is 0 Å². The fraction of sp³-hybridized carbons (Fsp3) is 0. The molecule has 4 nitrogen and oxygen atoms in total. The third-order valence-corrected chi connectivity index (χ3v) is 4.35. The summed E-state index contributed by atoms with van der Waals surface area (Å²) >= 11 is 1.36. The van der Waals surface area contributed by atoms with Gasteiger partial charge in [0.05, 0.1) is 15.6 Å². The number of aromatic nitrogens is 1. The van der Waals surface area contributed by atoms with E-state index in [0.29, 0.717) is 16.0 Å². The van der Waals surface area contributed by atoms with E-state index in [1.165, 1.54) is 11.3 Å². The summed E-state index contributed by atoms with van der Waals surface area (Å²) in [5.74, 6) is -0.0825. The van der Waals surface area contributed by atoms with E-state index in [1.54, 1.807) is 24.3 Å². The zero-order valence-electron chi connectivity index (χ0n) is 11.4. The van der Waals surface area contributed by atoms with Gasteiger partial charge in [-0.05, 0) is 24.3 Å². The molecule has 0 saturated carbocycles. The van der Waals surface area contributed by atoms with Crippen LogP contribution in [0.25, 0.3) is 31.8 Å². The molecule has 0 saturated heterocycles. The molecule has 0 fully saturated rings. The first-order chi connectivity index (χ1) is 10.2. The average molecular weight is 361 g/mol. The molecule has 0 unspecified atom stereocenters. The SMILES string of the molecule is O=c1oc2ccccc2c(O)c1-c1nc2ccccc2s1.[Zn]. The molecule has 0 aliphatic carbocycles. The molecule has 0 radical (unpaired) electrons. The van der Waals surface area contributed by atoms with Crippen LogP contribution in [0.4, 0.5) is 0 Å². The largest absolute Gasteiger partial charge is 0.506 e. The molecule has 2 aromatic carbocycles. The summed E-state index contributed by atoms with van der Waals surface area (Å²) in [6, 6.07) is 14.5. The Morgan fingerprint density at radius 3 is 2.59 bits per heavy atom. The van der Waals surface area contributed by atoms with Gasteiger partial charge in [0.15, 0.2) is 0 Å². The molecular weight excluding hydrogens is 352 g/mol. The van der Waals surface area contributed by atoms with Crippen molar-refractivity contribution in [3.63, 3.8) is 0 Å². The minimum Gasteiger partial charge on any atom is -0.506 e. The van der Waals surface area contributed by atoms with Crippen LogP contribution in [0.2, 0.25) is 0 Å². The average Bonchev–Trinajstić information content (AvgIpc) is 2.90. The fourth-order valence-corrected chi connectivity index (χ4v) is 3.30. The maximum Gasteiger partial charge on any atom is 0.350 e. The fourth-order valence-electron chi connectivity index (χ4n) is 2.30. The van der Waals surface area contributed by atoms with E-state index >= 15 is 0 Å². The second kappa shape index (κ2) is 5.63. The van der Waals surface area contributed by atoms with Crippen molar-refractivity contribution in [3.05, 3.63) is 59.0 Å². The Labute approximate surface area is 141 Å². The van der Waals surface area contributed by atoms with Gasteiger partial charge in [0.25, 0.3) is 0 Å². The molecule has 4 rings (SSSR count). The van der Waals surface area contributed by atoms with Gasteiger partial charge in [0, 0.05) is 19.5 Å². The minimum atomic E-state index is -0.578. The van der Waals surface area contributed by atoms with Crippen LogP contribution in [-0.4, -0.2) is 10.1 Å². The molecule has 0 bridgehead atoms. The molecule has 2 aromatic heterocycles. The zero-order chi connectivity index (χ0) is 14.4. The van der Waals surface area contributed by atoms with Crippen LogP contribution in [0.3, 0.4) is 0 Å². The Hall–Kier alpha value is -2.04. The van der Waals surface area contributed by atoms with E-state index in [4.69, 9.17) is 4.42 Å². The standard InChI is InChI=1S/C16H9NO3S.Zn/c18-14-9-5-1-3-7-11(9)20-16(19)13(14)15-17-10-6-2-4-8-12(10)21-15;/h1-8,18H;. The number of hydrogen-bond donors (Lipinski definition) is 1. The Morgan fingerprint density at radius 2 is 1.77 bits per heavy atom. The number of para-hydroxylation sites is 2. The third-order valence-electron chi connectivity index (χ3n) is 3.29. The maximum absolute atomic E-state index is 12.2. The molecule has 22 heavy (non-hydrogen) atoms. The van der Waals surface area contributed by atoms with E-state index in [1.807, 2.05) is 24.3 Å². The molecule has 0 atom stereocenters. The van der Waals surface area contributed by atoms with Crippen molar-refractivity contribution in [1.82, 2.24) is 4.98 Å². The quantitative estimate of drug-likeness (QED) is 0.414. The molecule has 4 aromatic rings. The number of benzene rings is 2. The normalized spacial score (nSPS) is 10.7. The summed E-state index contributed by atoms with van der Waals surface area (Å²) in [7, 11) is 0. The van der Waals surface area contributed by atoms with Gasteiger partial charge in [-0.1, -0.05) is 24.3 Å². The minimum absolute atomic E-state index is 0. The van der Waals surface area contributed by atoms with Crippen LogP contribution in [-0.2, 0) is 19.5 Å². The van der Waals surface area contributed by atoms with Gasteiger partial charge in [0.1, 0.15) is 21.9 Å². The van der Waals surface area contributed by atoms with Gasteiger partial charge in [-0.3, -0.25) is 0 Å². The molecule has 0 spiro atoms.